The Morgan fingerprint density at radius 2 is 1.87 bits per heavy atom. The molecule has 152 valence electrons. The number of anilines is 2. The summed E-state index contributed by atoms with van der Waals surface area (Å²) in [5.41, 5.74) is 4.97. The second-order valence-corrected chi connectivity index (χ2v) is 7.70. The molecule has 0 saturated heterocycles. The number of Topliss-reactive ketones (excluding diaryl/α,β-unsaturated/α-hetero) is 1. The maximum absolute atomic E-state index is 12.8. The minimum absolute atomic E-state index is 0.0541. The first-order chi connectivity index (χ1) is 14.7. The molecule has 3 aromatic rings. The van der Waals surface area contributed by atoms with Crippen LogP contribution in [-0.4, -0.2) is 36.5 Å². The van der Waals surface area contributed by atoms with E-state index in [1.54, 1.807) is 20.4 Å². The van der Waals surface area contributed by atoms with Gasteiger partial charge >= 0.3 is 0 Å². The Hall–Kier alpha value is -3.41. The number of aromatic nitrogens is 2. The van der Waals surface area contributed by atoms with Gasteiger partial charge in [0.2, 0.25) is 5.95 Å². The number of methoxy groups -OCH3 is 2. The van der Waals surface area contributed by atoms with Crippen LogP contribution in [0.5, 0.6) is 11.5 Å². The molecule has 1 aliphatic heterocycles. The van der Waals surface area contributed by atoms with Crippen molar-refractivity contribution in [2.45, 2.75) is 25.2 Å². The first-order valence-electron chi connectivity index (χ1n) is 10.1. The summed E-state index contributed by atoms with van der Waals surface area (Å²) in [7, 11) is 3.24. The number of benzene rings is 2. The third-order valence-corrected chi connectivity index (χ3v) is 6.03. The number of carbonyl (C=O) groups excluding carboxylic acids is 1. The van der Waals surface area contributed by atoms with Gasteiger partial charge in [-0.05, 0) is 48.1 Å². The Morgan fingerprint density at radius 1 is 1.03 bits per heavy atom. The highest BCUT2D eigenvalue weighted by Crippen LogP contribution is 2.38. The molecule has 0 unspecified atom stereocenters. The van der Waals surface area contributed by atoms with Crippen molar-refractivity contribution in [2.75, 3.05) is 25.7 Å². The number of rotatable bonds is 4. The third kappa shape index (κ3) is 3.09. The van der Waals surface area contributed by atoms with Gasteiger partial charge in [-0.15, -0.1) is 0 Å². The van der Waals surface area contributed by atoms with Gasteiger partial charge in [-0.25, -0.2) is 9.97 Å². The topological polar surface area (TPSA) is 64.5 Å². The van der Waals surface area contributed by atoms with Gasteiger partial charge in [0.1, 0.15) is 0 Å². The molecule has 1 aromatic heterocycles. The number of ketones is 1. The molecular formula is C24H23N3O3. The van der Waals surface area contributed by atoms with E-state index < -0.39 is 0 Å². The van der Waals surface area contributed by atoms with Gasteiger partial charge in [-0.3, -0.25) is 4.79 Å². The summed E-state index contributed by atoms with van der Waals surface area (Å²) in [6, 6.07) is 14.2. The van der Waals surface area contributed by atoms with Crippen molar-refractivity contribution in [1.29, 1.82) is 0 Å². The van der Waals surface area contributed by atoms with E-state index in [0.717, 1.165) is 29.9 Å². The minimum atomic E-state index is 0.0541. The fourth-order valence-electron chi connectivity index (χ4n) is 4.45. The van der Waals surface area contributed by atoms with Crippen LogP contribution in [0.4, 0.5) is 11.6 Å². The van der Waals surface area contributed by atoms with Gasteiger partial charge in [0.05, 0.1) is 25.5 Å². The van der Waals surface area contributed by atoms with E-state index in [0.29, 0.717) is 35.9 Å². The van der Waals surface area contributed by atoms with E-state index >= 15 is 0 Å². The first kappa shape index (κ1) is 18.6. The number of hydrogen-bond donors (Lipinski definition) is 0. The average molecular weight is 401 g/mol. The normalized spacial score (nSPS) is 17.5. The Morgan fingerprint density at radius 3 is 2.70 bits per heavy atom. The number of para-hydroxylation sites is 1. The number of nitrogens with zero attached hydrogens (tertiary/aromatic N) is 3. The summed E-state index contributed by atoms with van der Waals surface area (Å²) in [6.45, 7) is 0.852. The highest BCUT2D eigenvalue weighted by Gasteiger charge is 2.30. The zero-order chi connectivity index (χ0) is 20.7. The second kappa shape index (κ2) is 7.44. The van der Waals surface area contributed by atoms with Gasteiger partial charge < -0.3 is 14.4 Å². The third-order valence-electron chi connectivity index (χ3n) is 6.03. The summed E-state index contributed by atoms with van der Waals surface area (Å²) in [4.78, 5) is 24.3. The van der Waals surface area contributed by atoms with E-state index in [1.165, 1.54) is 5.56 Å². The summed E-state index contributed by atoms with van der Waals surface area (Å²) >= 11 is 0. The average Bonchev–Trinajstić information content (AvgIpc) is 3.22. The van der Waals surface area contributed by atoms with Crippen molar-refractivity contribution < 1.29 is 14.3 Å². The van der Waals surface area contributed by atoms with Crippen molar-refractivity contribution in [2.24, 2.45) is 0 Å². The highest BCUT2D eigenvalue weighted by atomic mass is 16.5. The largest absolute Gasteiger partial charge is 0.493 e. The SMILES string of the molecule is COc1ccc([C@H]2CC(=O)c3cnc(N4CCc5ccccc54)nc3C2)cc1OC. The number of fused-ring (bicyclic) bond motifs is 2. The van der Waals surface area contributed by atoms with Crippen LogP contribution >= 0.6 is 0 Å². The Labute approximate surface area is 175 Å². The fourth-order valence-corrected chi connectivity index (χ4v) is 4.45. The summed E-state index contributed by atoms with van der Waals surface area (Å²) < 4.78 is 10.8. The molecule has 2 heterocycles. The van der Waals surface area contributed by atoms with Crippen LogP contribution in [0.2, 0.25) is 0 Å². The van der Waals surface area contributed by atoms with Crippen molar-refractivity contribution in [1.82, 2.24) is 9.97 Å². The zero-order valence-electron chi connectivity index (χ0n) is 17.1. The molecule has 6 heteroatoms. The zero-order valence-corrected chi connectivity index (χ0v) is 17.1. The predicted octanol–water partition coefficient (Wildman–Crippen LogP) is 4.10. The lowest BCUT2D eigenvalue weighted by atomic mass is 9.82. The lowest BCUT2D eigenvalue weighted by Gasteiger charge is -2.25. The molecule has 6 nitrogen and oxygen atoms in total. The van der Waals surface area contributed by atoms with Gasteiger partial charge in [0.15, 0.2) is 17.3 Å². The van der Waals surface area contributed by atoms with Crippen LogP contribution in [-0.2, 0) is 12.8 Å². The van der Waals surface area contributed by atoms with E-state index in [4.69, 9.17) is 14.5 Å². The molecule has 0 radical (unpaired) electrons. The molecule has 2 aromatic carbocycles. The molecule has 0 N–H and O–H groups in total. The van der Waals surface area contributed by atoms with E-state index in [-0.39, 0.29) is 11.7 Å². The number of carbonyl (C=O) groups is 1. The second-order valence-electron chi connectivity index (χ2n) is 7.70. The summed E-state index contributed by atoms with van der Waals surface area (Å²) in [5, 5.41) is 0. The van der Waals surface area contributed by atoms with Crippen LogP contribution in [0.1, 0.15) is 39.5 Å². The minimum Gasteiger partial charge on any atom is -0.493 e. The smallest absolute Gasteiger partial charge is 0.230 e. The standard InChI is InChI=1S/C24H23N3O3/c1-29-22-8-7-16(13-23(22)30-2)17-11-19-18(21(28)12-17)14-25-24(26-19)27-10-9-15-5-3-4-6-20(15)27/h3-8,13-14,17H,9-12H2,1-2H3/t17-/m1/s1. The lowest BCUT2D eigenvalue weighted by molar-refractivity contribution is 0.0962. The molecule has 0 saturated carbocycles. The Bertz CT molecular complexity index is 1130. The molecule has 1 aliphatic carbocycles. The molecule has 2 aliphatic rings. The molecule has 30 heavy (non-hydrogen) atoms. The van der Waals surface area contributed by atoms with Crippen molar-refractivity contribution >= 4 is 17.4 Å². The van der Waals surface area contributed by atoms with E-state index in [2.05, 4.69) is 28.1 Å². The van der Waals surface area contributed by atoms with Gasteiger partial charge in [0.25, 0.3) is 0 Å². The lowest BCUT2D eigenvalue weighted by Crippen LogP contribution is -2.23. The molecule has 0 spiro atoms. The van der Waals surface area contributed by atoms with Gasteiger partial charge in [-0.2, -0.15) is 0 Å². The van der Waals surface area contributed by atoms with Crippen LogP contribution in [0.25, 0.3) is 0 Å². The Kier molecular flexibility index (Phi) is 4.62. The van der Waals surface area contributed by atoms with Gasteiger partial charge in [0, 0.05) is 24.8 Å². The van der Waals surface area contributed by atoms with Crippen LogP contribution in [0, 0.1) is 0 Å². The molecule has 0 fully saturated rings. The van der Waals surface area contributed by atoms with E-state index in [9.17, 15) is 4.79 Å². The van der Waals surface area contributed by atoms with E-state index in [1.807, 2.05) is 24.3 Å². The summed E-state index contributed by atoms with van der Waals surface area (Å²) in [5.74, 6) is 2.16. The molecular weight excluding hydrogens is 378 g/mol. The van der Waals surface area contributed by atoms with Crippen molar-refractivity contribution in [3.8, 4) is 11.5 Å². The van der Waals surface area contributed by atoms with Crippen molar-refractivity contribution in [3.05, 3.63) is 71.0 Å². The maximum atomic E-state index is 12.8. The monoisotopic (exact) mass is 401 g/mol. The van der Waals surface area contributed by atoms with Gasteiger partial charge in [-0.1, -0.05) is 24.3 Å². The molecule has 0 bridgehead atoms. The van der Waals surface area contributed by atoms with Crippen LogP contribution in [0.3, 0.4) is 0 Å². The quantitative estimate of drug-likeness (QED) is 0.656. The molecule has 0 amide bonds. The predicted molar refractivity (Wildman–Crippen MR) is 114 cm³/mol. The Balaban J connectivity index is 1.47. The maximum Gasteiger partial charge on any atom is 0.230 e. The number of hydrogen-bond acceptors (Lipinski definition) is 6. The van der Waals surface area contributed by atoms with Crippen molar-refractivity contribution in [3.63, 3.8) is 0 Å². The van der Waals surface area contributed by atoms with Crippen LogP contribution < -0.4 is 14.4 Å². The molecule has 1 atom stereocenters. The highest BCUT2D eigenvalue weighted by molar-refractivity contribution is 5.98. The first-order valence-corrected chi connectivity index (χ1v) is 10.1. The number of ether oxygens (including phenoxy) is 2. The summed E-state index contributed by atoms with van der Waals surface area (Å²) in [6.07, 6.45) is 3.81. The van der Waals surface area contributed by atoms with Crippen LogP contribution in [0.15, 0.2) is 48.7 Å². The molecule has 5 rings (SSSR count). The fraction of sp³-hybridized carbons (Fsp3) is 0.292.